The molecule has 0 N–H and O–H groups in total. The van der Waals surface area contributed by atoms with Crippen molar-refractivity contribution in [3.63, 3.8) is 0 Å². The lowest BCUT2D eigenvalue weighted by atomic mass is 10.1. The van der Waals surface area contributed by atoms with Gasteiger partial charge in [0.2, 0.25) is 5.90 Å². The minimum Gasteiger partial charge on any atom is -0.402 e. The van der Waals surface area contributed by atoms with E-state index in [2.05, 4.69) is 20.9 Å². The molecule has 3 nitrogen and oxygen atoms in total. The molecule has 0 saturated heterocycles. The molecular weight excluding hydrogens is 349 g/mol. The molecule has 0 unspecified atom stereocenters. The number of carbonyl (C=O) groups is 1. The molecule has 110 valence electrons. The Kier molecular flexibility index (Phi) is 3.90. The third kappa shape index (κ3) is 2.99. The highest BCUT2D eigenvalue weighted by molar-refractivity contribution is 9.10. The van der Waals surface area contributed by atoms with Gasteiger partial charge in [-0.3, -0.25) is 0 Å². The number of halogens is 2. The van der Waals surface area contributed by atoms with E-state index in [1.807, 2.05) is 31.2 Å². The molecule has 5 heteroatoms. The van der Waals surface area contributed by atoms with Gasteiger partial charge in [-0.1, -0.05) is 33.6 Å². The van der Waals surface area contributed by atoms with Gasteiger partial charge in [-0.2, -0.15) is 0 Å². The highest BCUT2D eigenvalue weighted by atomic mass is 79.9. The lowest BCUT2D eigenvalue weighted by Gasteiger charge is -1.99. The monoisotopic (exact) mass is 359 g/mol. The summed E-state index contributed by atoms with van der Waals surface area (Å²) in [5.41, 5.74) is 2.10. The van der Waals surface area contributed by atoms with Crippen LogP contribution in [-0.4, -0.2) is 11.9 Å². The molecule has 0 aromatic heterocycles. The van der Waals surface area contributed by atoms with Crippen LogP contribution in [-0.2, 0) is 9.53 Å². The zero-order valence-electron chi connectivity index (χ0n) is 11.6. The fourth-order valence-electron chi connectivity index (χ4n) is 2.08. The third-order valence-corrected chi connectivity index (χ3v) is 3.63. The second kappa shape index (κ2) is 5.85. The Morgan fingerprint density at radius 1 is 1.23 bits per heavy atom. The van der Waals surface area contributed by atoms with Gasteiger partial charge in [0.15, 0.2) is 5.70 Å². The molecule has 0 radical (unpaired) electrons. The SMILES string of the molecule is Cc1cccc(C2=N/C(=C/c3cc(Br)ccc3F)C(=O)O2)c1. The molecule has 0 bridgehead atoms. The lowest BCUT2D eigenvalue weighted by Crippen LogP contribution is -2.05. The van der Waals surface area contributed by atoms with Crippen molar-refractivity contribution < 1.29 is 13.9 Å². The van der Waals surface area contributed by atoms with E-state index < -0.39 is 11.8 Å². The predicted octanol–water partition coefficient (Wildman–Crippen LogP) is 4.24. The van der Waals surface area contributed by atoms with Crippen molar-refractivity contribution in [2.24, 2.45) is 4.99 Å². The van der Waals surface area contributed by atoms with E-state index >= 15 is 0 Å². The number of hydrogen-bond acceptors (Lipinski definition) is 3. The zero-order valence-corrected chi connectivity index (χ0v) is 13.2. The van der Waals surface area contributed by atoms with Crippen LogP contribution in [0.15, 0.2) is 57.6 Å². The summed E-state index contributed by atoms with van der Waals surface area (Å²) in [6.07, 6.45) is 1.38. The van der Waals surface area contributed by atoms with Gasteiger partial charge < -0.3 is 4.74 Å². The van der Waals surface area contributed by atoms with E-state index in [1.54, 1.807) is 12.1 Å². The Morgan fingerprint density at radius 3 is 2.82 bits per heavy atom. The number of rotatable bonds is 2. The predicted molar refractivity (Wildman–Crippen MR) is 85.9 cm³/mol. The summed E-state index contributed by atoms with van der Waals surface area (Å²) in [4.78, 5) is 16.1. The van der Waals surface area contributed by atoms with Gasteiger partial charge in [0.05, 0.1) is 0 Å². The van der Waals surface area contributed by atoms with E-state index in [9.17, 15) is 9.18 Å². The third-order valence-electron chi connectivity index (χ3n) is 3.14. The maximum atomic E-state index is 13.8. The van der Waals surface area contributed by atoms with Crippen LogP contribution in [0.2, 0.25) is 0 Å². The van der Waals surface area contributed by atoms with Crippen molar-refractivity contribution in [1.82, 2.24) is 0 Å². The Bertz CT molecular complexity index is 827. The Hall–Kier alpha value is -2.27. The summed E-state index contributed by atoms with van der Waals surface area (Å²) >= 11 is 3.27. The average Bonchev–Trinajstić information content (AvgIpc) is 2.84. The summed E-state index contributed by atoms with van der Waals surface area (Å²) < 4.78 is 19.6. The zero-order chi connectivity index (χ0) is 15.7. The Balaban J connectivity index is 1.99. The molecule has 1 aliphatic heterocycles. The molecule has 0 fully saturated rings. The van der Waals surface area contributed by atoms with Crippen molar-refractivity contribution in [3.8, 4) is 0 Å². The normalized spacial score (nSPS) is 15.9. The van der Waals surface area contributed by atoms with E-state index in [1.165, 1.54) is 12.1 Å². The fourth-order valence-corrected chi connectivity index (χ4v) is 2.46. The van der Waals surface area contributed by atoms with Gasteiger partial charge in [-0.05, 0) is 43.3 Å². The van der Waals surface area contributed by atoms with Crippen molar-refractivity contribution in [1.29, 1.82) is 0 Å². The minimum absolute atomic E-state index is 0.0773. The summed E-state index contributed by atoms with van der Waals surface area (Å²) in [5, 5.41) is 0. The first-order chi connectivity index (χ1) is 10.5. The van der Waals surface area contributed by atoms with Gasteiger partial charge in [0, 0.05) is 15.6 Å². The van der Waals surface area contributed by atoms with Crippen LogP contribution >= 0.6 is 15.9 Å². The second-order valence-electron chi connectivity index (χ2n) is 4.87. The van der Waals surface area contributed by atoms with E-state index in [0.717, 1.165) is 10.0 Å². The van der Waals surface area contributed by atoms with Crippen molar-refractivity contribution >= 4 is 33.9 Å². The number of carbonyl (C=O) groups excluding carboxylic acids is 1. The first kappa shape index (κ1) is 14.7. The first-order valence-electron chi connectivity index (χ1n) is 6.57. The maximum Gasteiger partial charge on any atom is 0.363 e. The van der Waals surface area contributed by atoms with Gasteiger partial charge in [-0.15, -0.1) is 0 Å². The number of benzene rings is 2. The van der Waals surface area contributed by atoms with Gasteiger partial charge in [0.25, 0.3) is 0 Å². The highest BCUT2D eigenvalue weighted by Gasteiger charge is 2.24. The van der Waals surface area contributed by atoms with Crippen molar-refractivity contribution in [3.05, 3.63) is 75.1 Å². The van der Waals surface area contributed by atoms with Crippen LogP contribution in [0.25, 0.3) is 6.08 Å². The van der Waals surface area contributed by atoms with Crippen LogP contribution in [0.5, 0.6) is 0 Å². The van der Waals surface area contributed by atoms with Crippen molar-refractivity contribution in [2.45, 2.75) is 6.92 Å². The van der Waals surface area contributed by atoms with E-state index in [-0.39, 0.29) is 17.2 Å². The highest BCUT2D eigenvalue weighted by Crippen LogP contribution is 2.22. The number of nitrogens with zero attached hydrogens (tertiary/aromatic N) is 1. The maximum absolute atomic E-state index is 13.8. The topological polar surface area (TPSA) is 38.7 Å². The smallest absolute Gasteiger partial charge is 0.363 e. The van der Waals surface area contributed by atoms with E-state index in [0.29, 0.717) is 5.56 Å². The molecule has 1 heterocycles. The summed E-state index contributed by atoms with van der Waals surface area (Å²) in [6, 6.07) is 12.0. The summed E-state index contributed by atoms with van der Waals surface area (Å²) in [6.45, 7) is 1.94. The first-order valence-corrected chi connectivity index (χ1v) is 7.37. The number of esters is 1. The van der Waals surface area contributed by atoms with Gasteiger partial charge >= 0.3 is 5.97 Å². The number of cyclic esters (lactones) is 1. The molecule has 2 aromatic rings. The lowest BCUT2D eigenvalue weighted by molar-refractivity contribution is -0.129. The molecule has 3 rings (SSSR count). The average molecular weight is 360 g/mol. The van der Waals surface area contributed by atoms with Crippen LogP contribution in [0.1, 0.15) is 16.7 Å². The Morgan fingerprint density at radius 2 is 2.05 bits per heavy atom. The molecule has 2 aromatic carbocycles. The molecule has 0 aliphatic carbocycles. The van der Waals surface area contributed by atoms with Crippen LogP contribution in [0, 0.1) is 12.7 Å². The van der Waals surface area contributed by atoms with Crippen LogP contribution in [0.3, 0.4) is 0 Å². The van der Waals surface area contributed by atoms with Gasteiger partial charge in [-0.25, -0.2) is 14.2 Å². The number of aliphatic imine (C=N–C) groups is 1. The molecule has 1 aliphatic rings. The second-order valence-corrected chi connectivity index (χ2v) is 5.79. The summed E-state index contributed by atoms with van der Waals surface area (Å²) in [5.74, 6) is -0.783. The molecule has 0 amide bonds. The van der Waals surface area contributed by atoms with E-state index in [4.69, 9.17) is 4.74 Å². The molecule has 0 saturated carbocycles. The molecular formula is C17H11BrFNO2. The molecule has 0 spiro atoms. The number of aryl methyl sites for hydroxylation is 1. The van der Waals surface area contributed by atoms with Crippen molar-refractivity contribution in [2.75, 3.05) is 0 Å². The quantitative estimate of drug-likeness (QED) is 0.594. The Labute approximate surface area is 135 Å². The standard InChI is InChI=1S/C17H11BrFNO2/c1-10-3-2-4-11(7-10)16-20-15(17(21)22-16)9-12-8-13(18)5-6-14(12)19/h2-9H,1H3/b15-9+. The van der Waals surface area contributed by atoms with Crippen LogP contribution in [0.4, 0.5) is 4.39 Å². The largest absolute Gasteiger partial charge is 0.402 e. The van der Waals surface area contributed by atoms with Gasteiger partial charge in [0.1, 0.15) is 5.82 Å². The minimum atomic E-state index is -0.587. The molecule has 22 heavy (non-hydrogen) atoms. The summed E-state index contributed by atoms with van der Waals surface area (Å²) in [7, 11) is 0. The fraction of sp³-hybridized carbons (Fsp3) is 0.0588. The number of hydrogen-bond donors (Lipinski definition) is 0. The molecule has 0 atom stereocenters. The van der Waals surface area contributed by atoms with Crippen LogP contribution < -0.4 is 0 Å². The number of ether oxygens (including phenoxy) is 1.